The SMILES string of the molecule is Fc1cncc(F)c1CN1CCC2CCN(c3cc(C(F)(F)F)ccn3)CC21. The highest BCUT2D eigenvalue weighted by molar-refractivity contribution is 5.43. The van der Waals surface area contributed by atoms with E-state index in [0.717, 1.165) is 37.4 Å². The number of alkyl halides is 3. The maximum atomic E-state index is 14.0. The summed E-state index contributed by atoms with van der Waals surface area (Å²) in [6.45, 7) is 1.90. The molecule has 2 aliphatic heterocycles. The van der Waals surface area contributed by atoms with E-state index in [9.17, 15) is 22.0 Å². The Bertz CT molecular complexity index is 836. The highest BCUT2D eigenvalue weighted by atomic mass is 19.4. The lowest BCUT2D eigenvalue weighted by Crippen LogP contribution is -2.48. The van der Waals surface area contributed by atoms with Gasteiger partial charge in [-0.1, -0.05) is 0 Å². The molecule has 4 rings (SSSR count). The molecule has 2 aromatic rings. The monoisotopic (exact) mass is 398 g/mol. The number of anilines is 1. The van der Waals surface area contributed by atoms with Gasteiger partial charge in [0, 0.05) is 37.4 Å². The molecule has 4 heterocycles. The van der Waals surface area contributed by atoms with Crippen LogP contribution >= 0.6 is 0 Å². The number of rotatable bonds is 3. The zero-order valence-electron chi connectivity index (χ0n) is 15.0. The maximum absolute atomic E-state index is 14.0. The van der Waals surface area contributed by atoms with Crippen LogP contribution in [0.25, 0.3) is 0 Å². The van der Waals surface area contributed by atoms with Gasteiger partial charge in [-0.2, -0.15) is 13.2 Å². The third-order valence-electron chi connectivity index (χ3n) is 5.69. The molecule has 2 atom stereocenters. The van der Waals surface area contributed by atoms with Gasteiger partial charge in [-0.15, -0.1) is 0 Å². The van der Waals surface area contributed by atoms with Crippen molar-refractivity contribution in [2.45, 2.75) is 31.6 Å². The Labute approximate surface area is 159 Å². The molecule has 2 fully saturated rings. The second kappa shape index (κ2) is 7.27. The van der Waals surface area contributed by atoms with Crippen LogP contribution in [0.1, 0.15) is 24.0 Å². The summed E-state index contributed by atoms with van der Waals surface area (Å²) in [6, 6.07) is 2.02. The third kappa shape index (κ3) is 3.67. The van der Waals surface area contributed by atoms with E-state index in [4.69, 9.17) is 0 Å². The van der Waals surface area contributed by atoms with Crippen LogP contribution in [0.15, 0.2) is 30.7 Å². The summed E-state index contributed by atoms with van der Waals surface area (Å²) in [5.41, 5.74) is -0.756. The Morgan fingerprint density at radius 2 is 1.79 bits per heavy atom. The minimum atomic E-state index is -4.42. The Hall–Kier alpha value is -2.29. The Kier molecular flexibility index (Phi) is 4.95. The van der Waals surface area contributed by atoms with Crippen molar-refractivity contribution >= 4 is 5.82 Å². The summed E-state index contributed by atoms with van der Waals surface area (Å²) in [7, 11) is 0. The summed E-state index contributed by atoms with van der Waals surface area (Å²) >= 11 is 0. The molecule has 4 nitrogen and oxygen atoms in total. The fourth-order valence-corrected chi connectivity index (χ4v) is 4.19. The molecule has 2 aromatic heterocycles. The topological polar surface area (TPSA) is 32.3 Å². The molecule has 2 unspecified atom stereocenters. The molecular weight excluding hydrogens is 379 g/mol. The number of aromatic nitrogens is 2. The van der Waals surface area contributed by atoms with Gasteiger partial charge in [0.25, 0.3) is 0 Å². The van der Waals surface area contributed by atoms with E-state index in [1.165, 1.54) is 6.20 Å². The predicted molar refractivity (Wildman–Crippen MR) is 92.5 cm³/mol. The third-order valence-corrected chi connectivity index (χ3v) is 5.69. The molecule has 2 saturated heterocycles. The Morgan fingerprint density at radius 3 is 2.50 bits per heavy atom. The van der Waals surface area contributed by atoms with Crippen LogP contribution < -0.4 is 4.90 Å². The van der Waals surface area contributed by atoms with Crippen LogP contribution in [-0.2, 0) is 12.7 Å². The average Bonchev–Trinajstić information content (AvgIpc) is 3.06. The van der Waals surface area contributed by atoms with E-state index in [2.05, 4.69) is 9.97 Å². The van der Waals surface area contributed by atoms with E-state index >= 15 is 0 Å². The van der Waals surface area contributed by atoms with Gasteiger partial charge in [0.2, 0.25) is 0 Å². The van der Waals surface area contributed by atoms with Crippen LogP contribution in [0.2, 0.25) is 0 Å². The highest BCUT2D eigenvalue weighted by Gasteiger charge is 2.39. The predicted octanol–water partition coefficient (Wildman–Crippen LogP) is 3.87. The first kappa shape index (κ1) is 19.0. The van der Waals surface area contributed by atoms with E-state index in [1.807, 2.05) is 9.80 Å². The summed E-state index contributed by atoms with van der Waals surface area (Å²) < 4.78 is 66.9. The Balaban J connectivity index is 1.52. The van der Waals surface area contributed by atoms with Crippen LogP contribution in [0.3, 0.4) is 0 Å². The Morgan fingerprint density at radius 1 is 1.07 bits per heavy atom. The van der Waals surface area contributed by atoms with Crippen molar-refractivity contribution in [1.82, 2.24) is 14.9 Å². The van der Waals surface area contributed by atoms with Crippen LogP contribution in [0, 0.1) is 17.6 Å². The number of pyridine rings is 2. The van der Waals surface area contributed by atoms with Gasteiger partial charge in [0.1, 0.15) is 17.5 Å². The van der Waals surface area contributed by atoms with Gasteiger partial charge in [0.15, 0.2) is 0 Å². The largest absolute Gasteiger partial charge is 0.416 e. The number of halogens is 5. The molecule has 0 bridgehead atoms. The smallest absolute Gasteiger partial charge is 0.355 e. The van der Waals surface area contributed by atoms with Crippen molar-refractivity contribution in [1.29, 1.82) is 0 Å². The number of likely N-dealkylation sites (tertiary alicyclic amines) is 1. The first-order valence-corrected chi connectivity index (χ1v) is 9.13. The molecule has 0 radical (unpaired) electrons. The highest BCUT2D eigenvalue weighted by Crippen LogP contribution is 2.36. The fourth-order valence-electron chi connectivity index (χ4n) is 4.19. The van der Waals surface area contributed by atoms with Crippen molar-refractivity contribution in [3.63, 3.8) is 0 Å². The zero-order valence-corrected chi connectivity index (χ0v) is 15.0. The lowest BCUT2D eigenvalue weighted by molar-refractivity contribution is -0.137. The lowest BCUT2D eigenvalue weighted by Gasteiger charge is -2.39. The molecule has 0 N–H and O–H groups in total. The van der Waals surface area contributed by atoms with E-state index in [0.29, 0.717) is 25.6 Å². The van der Waals surface area contributed by atoms with Gasteiger partial charge in [-0.05, 0) is 37.4 Å². The standard InChI is InChI=1S/C19H19F5N4/c20-15-8-25-9-16(21)14(15)10-27-5-2-12-3-6-28(11-17(12)27)18-7-13(1-4-26-18)19(22,23)24/h1,4,7-9,12,17H,2-3,5-6,10-11H2. The molecular formula is C19H19F5N4. The van der Waals surface area contributed by atoms with Gasteiger partial charge in [-0.3, -0.25) is 9.88 Å². The molecule has 0 spiro atoms. The number of hydrogen-bond acceptors (Lipinski definition) is 4. The summed E-state index contributed by atoms with van der Waals surface area (Å²) in [4.78, 5) is 11.4. The first-order chi connectivity index (χ1) is 13.3. The van der Waals surface area contributed by atoms with Crippen molar-refractivity contribution < 1.29 is 22.0 Å². The van der Waals surface area contributed by atoms with Gasteiger partial charge < -0.3 is 4.90 Å². The minimum absolute atomic E-state index is 0.0112. The van der Waals surface area contributed by atoms with Crippen LogP contribution in [-0.4, -0.2) is 40.5 Å². The quantitative estimate of drug-likeness (QED) is 0.735. The van der Waals surface area contributed by atoms with Crippen molar-refractivity contribution in [3.05, 3.63) is 53.5 Å². The number of nitrogens with zero attached hydrogens (tertiary/aromatic N) is 4. The molecule has 0 saturated carbocycles. The van der Waals surface area contributed by atoms with Gasteiger partial charge >= 0.3 is 6.18 Å². The van der Waals surface area contributed by atoms with Crippen molar-refractivity contribution in [3.8, 4) is 0 Å². The second-order valence-electron chi connectivity index (χ2n) is 7.30. The maximum Gasteiger partial charge on any atom is 0.416 e. The number of hydrogen-bond donors (Lipinski definition) is 0. The van der Waals surface area contributed by atoms with Gasteiger partial charge in [-0.25, -0.2) is 13.8 Å². The van der Waals surface area contributed by atoms with Crippen molar-refractivity contribution in [2.24, 2.45) is 5.92 Å². The molecule has 0 aromatic carbocycles. The molecule has 0 aliphatic carbocycles. The van der Waals surface area contributed by atoms with E-state index in [-0.39, 0.29) is 24.0 Å². The summed E-state index contributed by atoms with van der Waals surface area (Å²) in [6.07, 6.45) is 0.435. The summed E-state index contributed by atoms with van der Waals surface area (Å²) in [5, 5.41) is 0. The molecule has 150 valence electrons. The van der Waals surface area contributed by atoms with Crippen LogP contribution in [0.5, 0.6) is 0 Å². The number of piperidine rings is 1. The van der Waals surface area contributed by atoms with Crippen LogP contribution in [0.4, 0.5) is 27.8 Å². The molecule has 0 amide bonds. The molecule has 28 heavy (non-hydrogen) atoms. The van der Waals surface area contributed by atoms with Gasteiger partial charge in [0.05, 0.1) is 18.0 Å². The zero-order chi connectivity index (χ0) is 19.9. The van der Waals surface area contributed by atoms with E-state index < -0.39 is 23.4 Å². The average molecular weight is 398 g/mol. The normalized spacial score (nSPS) is 23.1. The fraction of sp³-hybridized carbons (Fsp3) is 0.474. The first-order valence-electron chi connectivity index (χ1n) is 9.13. The minimum Gasteiger partial charge on any atom is -0.355 e. The van der Waals surface area contributed by atoms with Crippen molar-refractivity contribution in [2.75, 3.05) is 24.5 Å². The molecule has 2 aliphatic rings. The number of fused-ring (bicyclic) bond motifs is 1. The second-order valence-corrected chi connectivity index (χ2v) is 7.30. The molecule has 9 heteroatoms. The summed E-state index contributed by atoms with van der Waals surface area (Å²) in [5.74, 6) is -0.734. The van der Waals surface area contributed by atoms with E-state index in [1.54, 1.807) is 0 Å². The lowest BCUT2D eigenvalue weighted by atomic mass is 9.92.